The Hall–Kier alpha value is -2.19. The van der Waals surface area contributed by atoms with E-state index in [1.54, 1.807) is 4.90 Å². The number of nitrogens with zero attached hydrogens (tertiary/aromatic N) is 1. The molecule has 0 bridgehead atoms. The first kappa shape index (κ1) is 13.2. The van der Waals surface area contributed by atoms with Crippen LogP contribution in [0.15, 0.2) is 24.3 Å². The molecule has 1 heterocycles. The predicted octanol–water partition coefficient (Wildman–Crippen LogP) is 0.828. The lowest BCUT2D eigenvalue weighted by Gasteiger charge is -2.13. The van der Waals surface area contributed by atoms with E-state index in [0.29, 0.717) is 32.8 Å². The van der Waals surface area contributed by atoms with Gasteiger partial charge in [0.25, 0.3) is 0 Å². The predicted molar refractivity (Wildman–Crippen MR) is 70.8 cm³/mol. The van der Waals surface area contributed by atoms with Gasteiger partial charge in [0.15, 0.2) is 0 Å². The summed E-state index contributed by atoms with van der Waals surface area (Å²) in [4.78, 5) is 12.8. The maximum absolute atomic E-state index is 11.2. The number of ether oxygens (including phenoxy) is 2. The maximum atomic E-state index is 11.2. The minimum absolute atomic E-state index is 0.268. The molecule has 1 aliphatic rings. The fourth-order valence-corrected chi connectivity index (χ4v) is 1.69. The second-order valence-electron chi connectivity index (χ2n) is 3.98. The lowest BCUT2D eigenvalue weighted by molar-refractivity contribution is 0.153. The van der Waals surface area contributed by atoms with E-state index in [2.05, 4.69) is 11.8 Å². The van der Waals surface area contributed by atoms with Gasteiger partial charge >= 0.3 is 6.09 Å². The highest BCUT2D eigenvalue weighted by atomic mass is 16.6. The minimum Gasteiger partial charge on any atom is -0.492 e. The number of benzene rings is 1. The average Bonchev–Trinajstić information content (AvgIpc) is 2.84. The van der Waals surface area contributed by atoms with E-state index < -0.39 is 0 Å². The molecule has 0 unspecified atom stereocenters. The van der Waals surface area contributed by atoms with Crippen LogP contribution in [-0.4, -0.2) is 43.8 Å². The summed E-state index contributed by atoms with van der Waals surface area (Å²) in [5.41, 5.74) is 6.21. The third kappa shape index (κ3) is 3.90. The largest absolute Gasteiger partial charge is 0.492 e. The second kappa shape index (κ2) is 6.66. The van der Waals surface area contributed by atoms with E-state index in [4.69, 9.17) is 15.2 Å². The Morgan fingerprint density at radius 1 is 1.37 bits per heavy atom. The van der Waals surface area contributed by atoms with Gasteiger partial charge in [-0.15, -0.1) is 0 Å². The number of amides is 1. The van der Waals surface area contributed by atoms with Gasteiger partial charge in [-0.05, 0) is 24.3 Å². The number of hydrogen-bond acceptors (Lipinski definition) is 4. The Morgan fingerprint density at radius 3 is 2.79 bits per heavy atom. The van der Waals surface area contributed by atoms with E-state index in [0.717, 1.165) is 11.3 Å². The molecule has 100 valence electrons. The zero-order valence-electron chi connectivity index (χ0n) is 10.6. The smallest absolute Gasteiger partial charge is 0.410 e. The second-order valence-corrected chi connectivity index (χ2v) is 3.98. The first-order valence-electron chi connectivity index (χ1n) is 6.13. The Kier molecular flexibility index (Phi) is 4.65. The number of nitrogens with two attached hydrogens (primary N) is 1. The van der Waals surface area contributed by atoms with Crippen LogP contribution in [0.3, 0.4) is 0 Å². The molecule has 5 heteroatoms. The Balaban J connectivity index is 1.78. The number of cyclic esters (lactones) is 1. The molecular formula is C14H16N2O3. The minimum atomic E-state index is -0.268. The van der Waals surface area contributed by atoms with Gasteiger partial charge in [0.2, 0.25) is 0 Å². The molecule has 0 aliphatic carbocycles. The molecule has 1 amide bonds. The highest BCUT2D eigenvalue weighted by molar-refractivity contribution is 5.69. The Bertz CT molecular complexity index is 488. The van der Waals surface area contributed by atoms with Gasteiger partial charge in [-0.3, -0.25) is 0 Å². The van der Waals surface area contributed by atoms with Crippen LogP contribution >= 0.6 is 0 Å². The first-order valence-corrected chi connectivity index (χ1v) is 6.13. The van der Waals surface area contributed by atoms with Crippen molar-refractivity contribution < 1.29 is 14.3 Å². The first-order chi connectivity index (χ1) is 9.29. The summed E-state index contributed by atoms with van der Waals surface area (Å²) in [5.74, 6) is 6.48. The van der Waals surface area contributed by atoms with E-state index in [1.807, 2.05) is 24.3 Å². The van der Waals surface area contributed by atoms with Crippen molar-refractivity contribution in [2.24, 2.45) is 5.73 Å². The summed E-state index contributed by atoms with van der Waals surface area (Å²) < 4.78 is 10.4. The summed E-state index contributed by atoms with van der Waals surface area (Å²) in [6.07, 6.45) is -0.268. The summed E-state index contributed by atoms with van der Waals surface area (Å²) in [6.45, 7) is 2.43. The van der Waals surface area contributed by atoms with Gasteiger partial charge in [-0.2, -0.15) is 0 Å². The number of carbonyl (C=O) groups excluding carboxylic acids is 1. The summed E-state index contributed by atoms with van der Waals surface area (Å²) in [5, 5.41) is 0. The van der Waals surface area contributed by atoms with Crippen LogP contribution in [0, 0.1) is 11.8 Å². The summed E-state index contributed by atoms with van der Waals surface area (Å²) in [6, 6.07) is 7.45. The molecule has 5 nitrogen and oxygen atoms in total. The molecule has 0 aromatic heterocycles. The van der Waals surface area contributed by atoms with Crippen molar-refractivity contribution in [1.29, 1.82) is 0 Å². The van der Waals surface area contributed by atoms with Gasteiger partial charge < -0.3 is 20.1 Å². The van der Waals surface area contributed by atoms with Crippen molar-refractivity contribution in [3.8, 4) is 17.6 Å². The fourth-order valence-electron chi connectivity index (χ4n) is 1.69. The summed E-state index contributed by atoms with van der Waals surface area (Å²) in [7, 11) is 0. The van der Waals surface area contributed by atoms with Gasteiger partial charge in [0.05, 0.1) is 19.6 Å². The SMILES string of the molecule is NCC#Cc1ccc(OCCN2CCOC2=O)cc1. The molecule has 0 atom stereocenters. The molecular weight excluding hydrogens is 244 g/mol. The van der Waals surface area contributed by atoms with Crippen LogP contribution in [0.2, 0.25) is 0 Å². The molecule has 19 heavy (non-hydrogen) atoms. The maximum Gasteiger partial charge on any atom is 0.410 e. The Morgan fingerprint density at radius 2 is 2.16 bits per heavy atom. The third-order valence-electron chi connectivity index (χ3n) is 2.66. The highest BCUT2D eigenvalue weighted by Crippen LogP contribution is 2.12. The Labute approximate surface area is 112 Å². The molecule has 0 radical (unpaired) electrons. The van der Waals surface area contributed by atoms with Crippen LogP contribution in [0.1, 0.15) is 5.56 Å². The molecule has 1 aromatic rings. The summed E-state index contributed by atoms with van der Waals surface area (Å²) >= 11 is 0. The lowest BCUT2D eigenvalue weighted by Crippen LogP contribution is -2.29. The van der Waals surface area contributed by atoms with Crippen LogP contribution in [0.5, 0.6) is 5.75 Å². The van der Waals surface area contributed by atoms with Gasteiger partial charge in [-0.1, -0.05) is 11.8 Å². The molecule has 1 aliphatic heterocycles. The lowest BCUT2D eigenvalue weighted by atomic mass is 10.2. The van der Waals surface area contributed by atoms with Crippen LogP contribution < -0.4 is 10.5 Å². The van der Waals surface area contributed by atoms with E-state index in [1.165, 1.54) is 0 Å². The number of carbonyl (C=O) groups is 1. The molecule has 0 spiro atoms. The van der Waals surface area contributed by atoms with Gasteiger partial charge in [0.1, 0.15) is 19.0 Å². The molecule has 2 N–H and O–H groups in total. The van der Waals surface area contributed by atoms with Crippen molar-refractivity contribution in [2.45, 2.75) is 0 Å². The van der Waals surface area contributed by atoms with Crippen molar-refractivity contribution >= 4 is 6.09 Å². The third-order valence-corrected chi connectivity index (χ3v) is 2.66. The molecule has 1 fully saturated rings. The van der Waals surface area contributed by atoms with Gasteiger partial charge in [-0.25, -0.2) is 4.79 Å². The molecule has 1 saturated heterocycles. The van der Waals surface area contributed by atoms with E-state index in [9.17, 15) is 4.79 Å². The van der Waals surface area contributed by atoms with Crippen molar-refractivity contribution in [3.63, 3.8) is 0 Å². The van der Waals surface area contributed by atoms with Gasteiger partial charge in [0, 0.05) is 5.56 Å². The normalized spacial score (nSPS) is 13.7. The van der Waals surface area contributed by atoms with Crippen molar-refractivity contribution in [3.05, 3.63) is 29.8 Å². The standard InChI is InChI=1S/C14H16N2O3/c15-7-1-2-12-3-5-13(6-4-12)18-10-8-16-9-11-19-14(16)17/h3-6H,7-11,15H2. The number of rotatable bonds is 4. The molecule has 1 aromatic carbocycles. The van der Waals surface area contributed by atoms with E-state index in [-0.39, 0.29) is 6.09 Å². The topological polar surface area (TPSA) is 64.8 Å². The van der Waals surface area contributed by atoms with Crippen molar-refractivity contribution in [2.75, 3.05) is 32.8 Å². The van der Waals surface area contributed by atoms with Crippen molar-refractivity contribution in [1.82, 2.24) is 4.90 Å². The highest BCUT2D eigenvalue weighted by Gasteiger charge is 2.21. The van der Waals surface area contributed by atoms with Crippen LogP contribution in [0.4, 0.5) is 4.79 Å². The van der Waals surface area contributed by atoms with Crippen LogP contribution in [-0.2, 0) is 4.74 Å². The fraction of sp³-hybridized carbons (Fsp3) is 0.357. The monoisotopic (exact) mass is 260 g/mol. The molecule has 2 rings (SSSR count). The van der Waals surface area contributed by atoms with Crippen LogP contribution in [0.25, 0.3) is 0 Å². The zero-order chi connectivity index (χ0) is 13.5. The quantitative estimate of drug-likeness (QED) is 0.814. The average molecular weight is 260 g/mol. The van der Waals surface area contributed by atoms with E-state index >= 15 is 0 Å². The number of hydrogen-bond donors (Lipinski definition) is 1. The molecule has 0 saturated carbocycles. The zero-order valence-corrected chi connectivity index (χ0v) is 10.6.